The predicted molar refractivity (Wildman–Crippen MR) is 124 cm³/mol. The number of carbonyl (C=O) groups excluding carboxylic acids is 1. The van der Waals surface area contributed by atoms with Crippen molar-refractivity contribution in [1.29, 1.82) is 0 Å². The van der Waals surface area contributed by atoms with Gasteiger partial charge >= 0.3 is 0 Å². The molecular formula is C22H17ClFN5O3S. The summed E-state index contributed by atoms with van der Waals surface area (Å²) in [6.45, 7) is 3.50. The molecule has 1 N–H and O–H groups in total. The number of nitrogens with one attached hydrogen (secondary N) is 1. The van der Waals surface area contributed by atoms with Gasteiger partial charge in [0.2, 0.25) is 5.95 Å². The maximum absolute atomic E-state index is 13.4. The normalized spacial score (nSPS) is 11.3. The van der Waals surface area contributed by atoms with Gasteiger partial charge in [-0.25, -0.2) is 12.8 Å². The number of rotatable bonds is 7. The summed E-state index contributed by atoms with van der Waals surface area (Å²) in [4.78, 5) is 12.6. The van der Waals surface area contributed by atoms with Crippen LogP contribution in [0, 0.1) is 5.82 Å². The number of nitrogens with zero attached hydrogens (tertiary/aromatic N) is 4. The van der Waals surface area contributed by atoms with Gasteiger partial charge in [-0.3, -0.25) is 18.8 Å². The average molecular weight is 486 g/mol. The monoisotopic (exact) mass is 485 g/mol. The van der Waals surface area contributed by atoms with E-state index in [0.717, 1.165) is 16.4 Å². The molecule has 11 heteroatoms. The van der Waals surface area contributed by atoms with Crippen molar-refractivity contribution in [1.82, 2.24) is 14.6 Å². The van der Waals surface area contributed by atoms with E-state index in [1.54, 1.807) is 28.8 Å². The first kappa shape index (κ1) is 22.4. The largest absolute Gasteiger partial charge is 0.290 e. The number of aromatic nitrogens is 3. The molecule has 0 unspecified atom stereocenters. The standard InChI is InChI=1S/C22H17ClFN5O3S/c1-2-12-29(17-9-7-16(24)8-10-17)33(31,32)19-14-15(6-11-18(19)23)21(30)25-22-27-26-20-5-3-4-13-28(20)22/h2-11,13-14H,1,12H2,(H,25,27,30). The summed E-state index contributed by atoms with van der Waals surface area (Å²) in [6, 6.07) is 14.1. The van der Waals surface area contributed by atoms with Gasteiger partial charge in [-0.2, -0.15) is 0 Å². The van der Waals surface area contributed by atoms with Crippen LogP contribution in [-0.2, 0) is 10.0 Å². The zero-order valence-electron chi connectivity index (χ0n) is 17.0. The number of benzene rings is 2. The Morgan fingerprint density at radius 2 is 1.91 bits per heavy atom. The van der Waals surface area contributed by atoms with Crippen LogP contribution in [0.25, 0.3) is 5.65 Å². The molecule has 2 aromatic heterocycles. The van der Waals surface area contributed by atoms with Gasteiger partial charge in [0.05, 0.1) is 17.3 Å². The zero-order valence-corrected chi connectivity index (χ0v) is 18.6. The van der Waals surface area contributed by atoms with E-state index in [1.807, 2.05) is 0 Å². The lowest BCUT2D eigenvalue weighted by Gasteiger charge is -2.24. The molecule has 4 rings (SSSR count). The van der Waals surface area contributed by atoms with E-state index >= 15 is 0 Å². The fourth-order valence-corrected chi connectivity index (χ4v) is 5.07. The molecule has 0 bridgehead atoms. The number of sulfonamides is 1. The highest BCUT2D eigenvalue weighted by molar-refractivity contribution is 7.93. The first-order valence-electron chi connectivity index (χ1n) is 9.61. The predicted octanol–water partition coefficient (Wildman–Crippen LogP) is 4.16. The van der Waals surface area contributed by atoms with Gasteiger partial charge in [0.15, 0.2) is 5.65 Å². The minimum Gasteiger partial charge on any atom is -0.290 e. The van der Waals surface area contributed by atoms with Gasteiger partial charge in [-0.1, -0.05) is 23.7 Å². The lowest BCUT2D eigenvalue weighted by Crippen LogP contribution is -2.31. The van der Waals surface area contributed by atoms with Crippen LogP contribution in [0.4, 0.5) is 16.0 Å². The molecule has 0 saturated carbocycles. The highest BCUT2D eigenvalue weighted by Gasteiger charge is 2.28. The smallest absolute Gasteiger partial charge is 0.266 e. The Morgan fingerprint density at radius 3 is 2.64 bits per heavy atom. The SMILES string of the molecule is C=CCN(c1ccc(F)cc1)S(=O)(=O)c1cc(C(=O)Nc2nnc3ccccn23)ccc1Cl. The topological polar surface area (TPSA) is 96.7 Å². The average Bonchev–Trinajstić information content (AvgIpc) is 3.21. The van der Waals surface area contributed by atoms with Crippen molar-refractivity contribution in [2.24, 2.45) is 0 Å². The van der Waals surface area contributed by atoms with Crippen LogP contribution in [0.2, 0.25) is 5.02 Å². The van der Waals surface area contributed by atoms with Gasteiger partial charge in [0, 0.05) is 11.8 Å². The number of carbonyl (C=O) groups is 1. The molecule has 0 radical (unpaired) electrons. The molecule has 33 heavy (non-hydrogen) atoms. The quantitative estimate of drug-likeness (QED) is 0.396. The molecule has 0 saturated heterocycles. The molecular weight excluding hydrogens is 469 g/mol. The van der Waals surface area contributed by atoms with E-state index in [4.69, 9.17) is 11.6 Å². The third kappa shape index (κ3) is 4.43. The molecule has 4 aromatic rings. The van der Waals surface area contributed by atoms with E-state index in [-0.39, 0.29) is 33.7 Å². The van der Waals surface area contributed by atoms with Crippen LogP contribution >= 0.6 is 11.6 Å². The molecule has 2 heterocycles. The molecule has 0 aliphatic rings. The lowest BCUT2D eigenvalue weighted by molar-refractivity contribution is 0.102. The van der Waals surface area contributed by atoms with Crippen molar-refractivity contribution in [3.05, 3.63) is 95.9 Å². The summed E-state index contributed by atoms with van der Waals surface area (Å²) in [5.41, 5.74) is 0.798. The fraction of sp³-hybridized carbons (Fsp3) is 0.0455. The van der Waals surface area contributed by atoms with Crippen molar-refractivity contribution in [3.8, 4) is 0 Å². The van der Waals surface area contributed by atoms with Crippen molar-refractivity contribution in [2.75, 3.05) is 16.2 Å². The van der Waals surface area contributed by atoms with Crippen LogP contribution in [0.3, 0.4) is 0 Å². The van der Waals surface area contributed by atoms with Crippen molar-refractivity contribution < 1.29 is 17.6 Å². The molecule has 0 spiro atoms. The number of halogens is 2. The summed E-state index contributed by atoms with van der Waals surface area (Å²) in [6.07, 6.45) is 3.07. The maximum atomic E-state index is 13.4. The Morgan fingerprint density at radius 1 is 1.15 bits per heavy atom. The summed E-state index contributed by atoms with van der Waals surface area (Å²) >= 11 is 6.21. The van der Waals surface area contributed by atoms with E-state index in [1.165, 1.54) is 36.4 Å². The number of anilines is 2. The Bertz CT molecular complexity index is 1450. The van der Waals surface area contributed by atoms with Crippen LogP contribution in [0.5, 0.6) is 0 Å². The van der Waals surface area contributed by atoms with Crippen molar-refractivity contribution >= 4 is 44.8 Å². The van der Waals surface area contributed by atoms with E-state index in [2.05, 4.69) is 22.1 Å². The van der Waals surface area contributed by atoms with Crippen molar-refractivity contribution in [3.63, 3.8) is 0 Å². The second-order valence-corrected chi connectivity index (χ2v) is 9.09. The Kier molecular flexibility index (Phi) is 6.12. The van der Waals surface area contributed by atoms with Crippen LogP contribution < -0.4 is 9.62 Å². The molecule has 0 aliphatic carbocycles. The highest BCUT2D eigenvalue weighted by Crippen LogP contribution is 2.30. The first-order valence-corrected chi connectivity index (χ1v) is 11.4. The lowest BCUT2D eigenvalue weighted by atomic mass is 10.2. The van der Waals surface area contributed by atoms with Gasteiger partial charge in [0.25, 0.3) is 15.9 Å². The second-order valence-electron chi connectivity index (χ2n) is 6.85. The fourth-order valence-electron chi connectivity index (χ4n) is 3.13. The second kappa shape index (κ2) is 9.00. The number of pyridine rings is 1. The summed E-state index contributed by atoms with van der Waals surface area (Å²) in [5, 5.41) is 10.4. The Labute approximate surface area is 194 Å². The van der Waals surface area contributed by atoms with Crippen LogP contribution in [0.15, 0.2) is 84.4 Å². The minimum atomic E-state index is -4.22. The molecule has 0 atom stereocenters. The molecule has 8 nitrogen and oxygen atoms in total. The van der Waals surface area contributed by atoms with E-state index in [9.17, 15) is 17.6 Å². The third-order valence-electron chi connectivity index (χ3n) is 4.71. The number of hydrogen-bond acceptors (Lipinski definition) is 5. The number of hydrogen-bond donors (Lipinski definition) is 1. The Balaban J connectivity index is 1.70. The van der Waals surface area contributed by atoms with Gasteiger partial charge < -0.3 is 0 Å². The molecule has 1 amide bonds. The van der Waals surface area contributed by atoms with Crippen molar-refractivity contribution in [2.45, 2.75) is 4.90 Å². The van der Waals surface area contributed by atoms with Crippen LogP contribution in [0.1, 0.15) is 10.4 Å². The van der Waals surface area contributed by atoms with Gasteiger partial charge in [0.1, 0.15) is 10.7 Å². The first-order chi connectivity index (χ1) is 15.8. The number of amides is 1. The summed E-state index contributed by atoms with van der Waals surface area (Å²) in [7, 11) is -4.22. The highest BCUT2D eigenvalue weighted by atomic mass is 35.5. The molecule has 0 aliphatic heterocycles. The molecule has 2 aromatic carbocycles. The summed E-state index contributed by atoms with van der Waals surface area (Å²) in [5.74, 6) is -0.930. The van der Waals surface area contributed by atoms with E-state index < -0.39 is 21.7 Å². The summed E-state index contributed by atoms with van der Waals surface area (Å²) < 4.78 is 42.8. The third-order valence-corrected chi connectivity index (χ3v) is 6.99. The molecule has 168 valence electrons. The maximum Gasteiger partial charge on any atom is 0.266 e. The number of fused-ring (bicyclic) bond motifs is 1. The van der Waals surface area contributed by atoms with E-state index in [0.29, 0.717) is 5.65 Å². The Hall–Kier alpha value is -3.76. The van der Waals surface area contributed by atoms with Gasteiger partial charge in [-0.15, -0.1) is 16.8 Å². The molecule has 0 fully saturated rings. The zero-order chi connectivity index (χ0) is 23.6. The van der Waals surface area contributed by atoms with Gasteiger partial charge in [-0.05, 0) is 54.6 Å². The minimum absolute atomic E-state index is 0.0447. The van der Waals surface area contributed by atoms with Crippen LogP contribution in [-0.4, -0.2) is 35.5 Å².